The SMILES string of the molecule is COC(=O)CNC(=O)c1cn(CCF)c2c(F)c(OC)c(F)cc2c1=O. The van der Waals surface area contributed by atoms with E-state index >= 15 is 0 Å². The molecule has 10 heteroatoms. The topological polar surface area (TPSA) is 86.6 Å². The summed E-state index contributed by atoms with van der Waals surface area (Å²) in [4.78, 5) is 35.7. The lowest BCUT2D eigenvalue weighted by Gasteiger charge is -2.14. The number of fused-ring (bicyclic) bond motifs is 1. The molecular formula is C16H15F3N2O5. The number of carbonyl (C=O) groups is 2. The number of hydrogen-bond donors (Lipinski definition) is 1. The summed E-state index contributed by atoms with van der Waals surface area (Å²) < 4.78 is 51.3. The largest absolute Gasteiger partial charge is 0.491 e. The summed E-state index contributed by atoms with van der Waals surface area (Å²) in [7, 11) is 2.15. The molecule has 2 rings (SSSR count). The number of nitrogens with zero attached hydrogens (tertiary/aromatic N) is 1. The molecule has 0 atom stereocenters. The molecule has 26 heavy (non-hydrogen) atoms. The van der Waals surface area contributed by atoms with Crippen LogP contribution in [0, 0.1) is 11.6 Å². The maximum Gasteiger partial charge on any atom is 0.325 e. The number of pyridine rings is 1. The second kappa shape index (κ2) is 7.89. The fraction of sp³-hybridized carbons (Fsp3) is 0.312. The zero-order valence-electron chi connectivity index (χ0n) is 13.9. The molecule has 0 aliphatic heterocycles. The molecule has 0 aliphatic carbocycles. The smallest absolute Gasteiger partial charge is 0.325 e. The number of aryl methyl sites for hydroxylation is 1. The summed E-state index contributed by atoms with van der Waals surface area (Å²) in [5.41, 5.74) is -1.87. The first-order valence-electron chi connectivity index (χ1n) is 7.35. The number of hydrogen-bond acceptors (Lipinski definition) is 5. The Morgan fingerprint density at radius 2 is 1.96 bits per heavy atom. The second-order valence-electron chi connectivity index (χ2n) is 5.11. The first-order chi connectivity index (χ1) is 12.3. The van der Waals surface area contributed by atoms with Gasteiger partial charge in [-0.15, -0.1) is 0 Å². The van der Waals surface area contributed by atoms with Crippen LogP contribution in [0.5, 0.6) is 5.75 Å². The normalized spacial score (nSPS) is 10.7. The average Bonchev–Trinajstić information content (AvgIpc) is 2.62. The maximum atomic E-state index is 14.5. The first-order valence-corrected chi connectivity index (χ1v) is 7.35. The monoisotopic (exact) mass is 372 g/mol. The van der Waals surface area contributed by atoms with Crippen LogP contribution in [-0.2, 0) is 16.1 Å². The minimum atomic E-state index is -1.19. The summed E-state index contributed by atoms with van der Waals surface area (Å²) in [6.07, 6.45) is 0.942. The predicted molar refractivity (Wildman–Crippen MR) is 85.0 cm³/mol. The van der Waals surface area contributed by atoms with Crippen LogP contribution in [0.25, 0.3) is 10.9 Å². The molecule has 1 aromatic heterocycles. The van der Waals surface area contributed by atoms with Crippen molar-refractivity contribution in [3.05, 3.63) is 39.7 Å². The van der Waals surface area contributed by atoms with Crippen LogP contribution in [0.15, 0.2) is 17.1 Å². The molecule has 7 nitrogen and oxygen atoms in total. The third-order valence-corrected chi connectivity index (χ3v) is 3.61. The Morgan fingerprint density at radius 1 is 1.27 bits per heavy atom. The molecule has 0 spiro atoms. The molecule has 1 N–H and O–H groups in total. The van der Waals surface area contributed by atoms with Gasteiger partial charge in [0.25, 0.3) is 5.91 Å². The molecule has 0 bridgehead atoms. The number of nitrogens with one attached hydrogen (secondary N) is 1. The number of alkyl halides is 1. The Morgan fingerprint density at radius 3 is 2.54 bits per heavy atom. The van der Waals surface area contributed by atoms with Crippen LogP contribution in [0.2, 0.25) is 0 Å². The van der Waals surface area contributed by atoms with Crippen LogP contribution < -0.4 is 15.5 Å². The molecule has 1 amide bonds. The van der Waals surface area contributed by atoms with Gasteiger partial charge in [0, 0.05) is 6.20 Å². The number of benzene rings is 1. The Hall–Kier alpha value is -3.04. The van der Waals surface area contributed by atoms with Crippen molar-refractivity contribution in [3.63, 3.8) is 0 Å². The van der Waals surface area contributed by atoms with Crippen molar-refractivity contribution in [2.45, 2.75) is 6.54 Å². The first kappa shape index (κ1) is 19.3. The summed E-state index contributed by atoms with van der Waals surface area (Å²) in [5, 5.41) is 1.69. The molecule has 0 fully saturated rings. The standard InChI is InChI=1S/C16H15F3N2O5/c1-25-11(22)6-20-16(24)9-7-21(4-3-17)13-8(14(9)23)5-10(18)15(26-2)12(13)19/h5,7H,3-4,6H2,1-2H3,(H,20,24). The average molecular weight is 372 g/mol. The van der Waals surface area contributed by atoms with Crippen molar-refractivity contribution in [3.8, 4) is 5.75 Å². The third kappa shape index (κ3) is 3.48. The molecule has 1 aromatic carbocycles. The van der Waals surface area contributed by atoms with E-state index in [9.17, 15) is 27.6 Å². The fourth-order valence-corrected chi connectivity index (χ4v) is 2.41. The lowest BCUT2D eigenvalue weighted by molar-refractivity contribution is -0.139. The van der Waals surface area contributed by atoms with E-state index in [1.165, 1.54) is 0 Å². The number of carbonyl (C=O) groups excluding carboxylic acids is 2. The van der Waals surface area contributed by atoms with E-state index in [-0.39, 0.29) is 6.54 Å². The molecule has 1 heterocycles. The summed E-state index contributed by atoms with van der Waals surface area (Å²) in [5.74, 6) is -4.79. The van der Waals surface area contributed by atoms with Crippen LogP contribution >= 0.6 is 0 Å². The molecule has 2 aromatic rings. The van der Waals surface area contributed by atoms with Gasteiger partial charge in [0.1, 0.15) is 18.8 Å². The second-order valence-corrected chi connectivity index (χ2v) is 5.11. The van der Waals surface area contributed by atoms with E-state index in [1.54, 1.807) is 0 Å². The van der Waals surface area contributed by atoms with Gasteiger partial charge in [-0.2, -0.15) is 0 Å². The Balaban J connectivity index is 2.67. The van der Waals surface area contributed by atoms with E-state index in [4.69, 9.17) is 0 Å². The van der Waals surface area contributed by atoms with Gasteiger partial charge in [0.15, 0.2) is 17.4 Å². The van der Waals surface area contributed by atoms with Gasteiger partial charge in [-0.3, -0.25) is 14.4 Å². The summed E-state index contributed by atoms with van der Waals surface area (Å²) in [6, 6.07) is 0.714. The molecular weight excluding hydrogens is 357 g/mol. The van der Waals surface area contributed by atoms with Crippen molar-refractivity contribution in [1.82, 2.24) is 9.88 Å². The van der Waals surface area contributed by atoms with E-state index in [2.05, 4.69) is 14.8 Å². The highest BCUT2D eigenvalue weighted by atomic mass is 19.1. The van der Waals surface area contributed by atoms with Gasteiger partial charge in [0.05, 0.1) is 31.7 Å². The molecule has 0 aliphatic rings. The number of halogens is 3. The van der Waals surface area contributed by atoms with Crippen LogP contribution in [0.1, 0.15) is 10.4 Å². The number of ether oxygens (including phenoxy) is 2. The Kier molecular flexibility index (Phi) is 5.86. The number of amides is 1. The quantitative estimate of drug-likeness (QED) is 0.769. The van der Waals surface area contributed by atoms with E-state index < -0.39 is 64.4 Å². The minimum Gasteiger partial charge on any atom is -0.491 e. The molecule has 0 saturated carbocycles. The van der Waals surface area contributed by atoms with Crippen molar-refractivity contribution in [1.29, 1.82) is 0 Å². The highest BCUT2D eigenvalue weighted by molar-refractivity contribution is 5.98. The Labute approximate surface area is 145 Å². The van der Waals surface area contributed by atoms with E-state index in [1.807, 2.05) is 0 Å². The number of aromatic nitrogens is 1. The molecule has 140 valence electrons. The van der Waals surface area contributed by atoms with E-state index in [0.29, 0.717) is 6.07 Å². The highest BCUT2D eigenvalue weighted by Crippen LogP contribution is 2.28. The van der Waals surface area contributed by atoms with Gasteiger partial charge in [-0.25, -0.2) is 13.2 Å². The van der Waals surface area contributed by atoms with Crippen LogP contribution in [-0.4, -0.2) is 43.9 Å². The van der Waals surface area contributed by atoms with Crippen LogP contribution in [0.4, 0.5) is 13.2 Å². The lowest BCUT2D eigenvalue weighted by atomic mass is 10.1. The maximum absolute atomic E-state index is 14.5. The minimum absolute atomic E-state index is 0.389. The highest BCUT2D eigenvalue weighted by Gasteiger charge is 2.23. The summed E-state index contributed by atoms with van der Waals surface area (Å²) >= 11 is 0. The van der Waals surface area contributed by atoms with Gasteiger partial charge < -0.3 is 19.4 Å². The van der Waals surface area contributed by atoms with Crippen LogP contribution in [0.3, 0.4) is 0 Å². The van der Waals surface area contributed by atoms with Crippen molar-refractivity contribution < 1.29 is 32.2 Å². The number of methoxy groups -OCH3 is 2. The number of esters is 1. The van der Waals surface area contributed by atoms with Gasteiger partial charge in [-0.05, 0) is 6.07 Å². The van der Waals surface area contributed by atoms with E-state index in [0.717, 1.165) is 25.0 Å². The Bertz CT molecular complexity index is 926. The zero-order valence-corrected chi connectivity index (χ0v) is 13.9. The lowest BCUT2D eigenvalue weighted by Crippen LogP contribution is -2.34. The van der Waals surface area contributed by atoms with Gasteiger partial charge in [0.2, 0.25) is 5.43 Å². The molecule has 0 unspecified atom stereocenters. The van der Waals surface area contributed by atoms with Crippen molar-refractivity contribution >= 4 is 22.8 Å². The predicted octanol–water partition coefficient (Wildman–Crippen LogP) is 1.16. The molecule has 0 radical (unpaired) electrons. The molecule has 0 saturated heterocycles. The number of rotatable bonds is 6. The van der Waals surface area contributed by atoms with Gasteiger partial charge >= 0.3 is 5.97 Å². The zero-order chi connectivity index (χ0) is 19.4. The van der Waals surface area contributed by atoms with Crippen molar-refractivity contribution in [2.24, 2.45) is 0 Å². The summed E-state index contributed by atoms with van der Waals surface area (Å²) in [6.45, 7) is -1.83. The van der Waals surface area contributed by atoms with Gasteiger partial charge in [-0.1, -0.05) is 0 Å². The van der Waals surface area contributed by atoms with Crippen molar-refractivity contribution in [2.75, 3.05) is 27.4 Å². The fourth-order valence-electron chi connectivity index (χ4n) is 2.41. The third-order valence-electron chi connectivity index (χ3n) is 3.61.